The maximum atomic E-state index is 12.6. The Morgan fingerprint density at radius 1 is 1.29 bits per heavy atom. The summed E-state index contributed by atoms with van der Waals surface area (Å²) < 4.78 is 8.67. The number of carbonyl (C=O) groups is 1. The summed E-state index contributed by atoms with van der Waals surface area (Å²) in [5.41, 5.74) is 0.788. The van der Waals surface area contributed by atoms with E-state index in [0.29, 0.717) is 21.5 Å². The molecule has 0 spiro atoms. The molecule has 0 saturated carbocycles. The van der Waals surface area contributed by atoms with Gasteiger partial charge in [0.1, 0.15) is 17.0 Å². The Kier molecular flexibility index (Phi) is 4.36. The molecular weight excluding hydrogens is 382 g/mol. The Morgan fingerprint density at radius 3 is 2.82 bits per heavy atom. The molecule has 3 aromatic heterocycles. The lowest BCUT2D eigenvalue weighted by Crippen LogP contribution is -2.22. The highest BCUT2D eigenvalue weighted by molar-refractivity contribution is 7.17. The first-order chi connectivity index (χ1) is 13.5. The molecule has 2 N–H and O–H groups in total. The van der Waals surface area contributed by atoms with Crippen LogP contribution in [-0.4, -0.2) is 37.6 Å². The van der Waals surface area contributed by atoms with Gasteiger partial charge in [0.05, 0.1) is 30.1 Å². The lowest BCUT2D eigenvalue weighted by atomic mass is 10.2. The molecule has 0 amide bonds. The van der Waals surface area contributed by atoms with Crippen molar-refractivity contribution in [1.82, 2.24) is 14.3 Å². The molecular formula is C19H15N3O5S. The Labute approximate surface area is 162 Å². The predicted molar refractivity (Wildman–Crippen MR) is 104 cm³/mol. The van der Waals surface area contributed by atoms with E-state index in [1.54, 1.807) is 35.6 Å². The van der Waals surface area contributed by atoms with Crippen molar-refractivity contribution in [2.75, 3.05) is 7.11 Å². The van der Waals surface area contributed by atoms with Crippen LogP contribution in [0, 0.1) is 0 Å². The van der Waals surface area contributed by atoms with Crippen LogP contribution in [0.3, 0.4) is 0 Å². The highest BCUT2D eigenvalue weighted by atomic mass is 32.1. The van der Waals surface area contributed by atoms with Crippen LogP contribution in [0.25, 0.3) is 15.9 Å². The van der Waals surface area contributed by atoms with Gasteiger partial charge in [-0.2, -0.15) is 5.10 Å². The second-order valence-corrected chi connectivity index (χ2v) is 6.94. The SMILES string of the molecule is COc1ccccc1-n1cc(Cn2c(=O)c(O)c(C(=O)O)c3sccc32)cn1. The van der Waals surface area contributed by atoms with Gasteiger partial charge in [0.25, 0.3) is 5.56 Å². The zero-order chi connectivity index (χ0) is 19.8. The summed E-state index contributed by atoms with van der Waals surface area (Å²) in [4.78, 5) is 24.0. The summed E-state index contributed by atoms with van der Waals surface area (Å²) in [6.07, 6.45) is 3.36. The number of para-hydroxylation sites is 2. The van der Waals surface area contributed by atoms with Gasteiger partial charge in [-0.15, -0.1) is 11.3 Å². The third kappa shape index (κ3) is 2.81. The molecule has 4 rings (SSSR count). The van der Waals surface area contributed by atoms with E-state index in [0.717, 1.165) is 17.0 Å². The lowest BCUT2D eigenvalue weighted by Gasteiger charge is -2.10. The van der Waals surface area contributed by atoms with Gasteiger partial charge in [-0.05, 0) is 23.6 Å². The first kappa shape index (κ1) is 17.8. The molecule has 3 heterocycles. The highest BCUT2D eigenvalue weighted by Crippen LogP contribution is 2.29. The van der Waals surface area contributed by atoms with Gasteiger partial charge in [0.15, 0.2) is 5.75 Å². The van der Waals surface area contributed by atoms with E-state index in [-0.39, 0.29) is 12.1 Å². The maximum Gasteiger partial charge on any atom is 0.341 e. The van der Waals surface area contributed by atoms with Crippen molar-refractivity contribution in [1.29, 1.82) is 0 Å². The lowest BCUT2D eigenvalue weighted by molar-refractivity contribution is 0.0695. The molecule has 1 aromatic carbocycles. The standard InChI is InChI=1S/C19H15N3O5S/c1-27-14-5-3-2-4-12(14)22-10-11(8-20-22)9-21-13-6-7-28-17(13)15(19(25)26)16(23)18(21)24/h2-8,10,23H,9H2,1H3,(H,25,26). The van der Waals surface area contributed by atoms with Crippen LogP contribution in [0.4, 0.5) is 0 Å². The average molecular weight is 397 g/mol. The zero-order valence-electron chi connectivity index (χ0n) is 14.7. The Balaban J connectivity index is 1.78. The molecule has 0 aliphatic carbocycles. The van der Waals surface area contributed by atoms with E-state index in [4.69, 9.17) is 4.74 Å². The smallest absolute Gasteiger partial charge is 0.341 e. The second kappa shape index (κ2) is 6.86. The largest absolute Gasteiger partial charge is 0.502 e. The van der Waals surface area contributed by atoms with E-state index in [2.05, 4.69) is 5.10 Å². The molecule has 0 radical (unpaired) electrons. The molecule has 0 saturated heterocycles. The minimum Gasteiger partial charge on any atom is -0.502 e. The van der Waals surface area contributed by atoms with Crippen molar-refractivity contribution in [3.8, 4) is 17.2 Å². The van der Waals surface area contributed by atoms with Crippen molar-refractivity contribution in [2.24, 2.45) is 0 Å². The molecule has 0 aliphatic heterocycles. The monoisotopic (exact) mass is 397 g/mol. The molecule has 9 heteroatoms. The van der Waals surface area contributed by atoms with E-state index in [1.165, 1.54) is 4.57 Å². The van der Waals surface area contributed by atoms with Crippen LogP contribution in [0.15, 0.2) is 52.9 Å². The third-order valence-electron chi connectivity index (χ3n) is 4.37. The molecule has 28 heavy (non-hydrogen) atoms. The van der Waals surface area contributed by atoms with Gasteiger partial charge in [0, 0.05) is 11.8 Å². The van der Waals surface area contributed by atoms with Crippen LogP contribution in [-0.2, 0) is 6.54 Å². The number of hydrogen-bond donors (Lipinski definition) is 2. The van der Waals surface area contributed by atoms with E-state index >= 15 is 0 Å². The van der Waals surface area contributed by atoms with Crippen LogP contribution in [0.2, 0.25) is 0 Å². The fourth-order valence-electron chi connectivity index (χ4n) is 3.08. The second-order valence-electron chi connectivity index (χ2n) is 6.02. The summed E-state index contributed by atoms with van der Waals surface area (Å²) in [7, 11) is 1.57. The average Bonchev–Trinajstić information content (AvgIpc) is 3.34. The van der Waals surface area contributed by atoms with Crippen LogP contribution >= 0.6 is 11.3 Å². The number of nitrogens with zero attached hydrogens (tertiary/aromatic N) is 3. The number of aromatic carboxylic acids is 1. The topological polar surface area (TPSA) is 107 Å². The van der Waals surface area contributed by atoms with Gasteiger partial charge in [-0.25, -0.2) is 9.48 Å². The van der Waals surface area contributed by atoms with Gasteiger partial charge in [-0.1, -0.05) is 12.1 Å². The van der Waals surface area contributed by atoms with Crippen molar-refractivity contribution >= 4 is 27.5 Å². The summed E-state index contributed by atoms with van der Waals surface area (Å²) in [6.45, 7) is 0.134. The van der Waals surface area contributed by atoms with Crippen molar-refractivity contribution in [3.05, 3.63) is 69.6 Å². The fourth-order valence-corrected chi connectivity index (χ4v) is 4.02. The molecule has 8 nitrogen and oxygen atoms in total. The highest BCUT2D eigenvalue weighted by Gasteiger charge is 2.22. The Morgan fingerprint density at radius 2 is 2.07 bits per heavy atom. The number of thiophene rings is 1. The third-order valence-corrected chi connectivity index (χ3v) is 5.29. The Bertz CT molecular complexity index is 1250. The summed E-state index contributed by atoms with van der Waals surface area (Å²) in [5.74, 6) is -1.45. The summed E-state index contributed by atoms with van der Waals surface area (Å²) >= 11 is 1.16. The number of fused-ring (bicyclic) bond motifs is 1. The summed E-state index contributed by atoms with van der Waals surface area (Å²) in [6, 6.07) is 9.05. The van der Waals surface area contributed by atoms with Crippen molar-refractivity contribution in [3.63, 3.8) is 0 Å². The molecule has 0 unspecified atom stereocenters. The van der Waals surface area contributed by atoms with Gasteiger partial charge in [-0.3, -0.25) is 9.36 Å². The maximum absolute atomic E-state index is 12.6. The first-order valence-electron chi connectivity index (χ1n) is 8.24. The van der Waals surface area contributed by atoms with E-state index < -0.39 is 17.3 Å². The van der Waals surface area contributed by atoms with E-state index in [9.17, 15) is 19.8 Å². The van der Waals surface area contributed by atoms with Crippen LogP contribution in [0.1, 0.15) is 15.9 Å². The van der Waals surface area contributed by atoms with E-state index in [1.807, 2.05) is 24.3 Å². The van der Waals surface area contributed by atoms with Crippen LogP contribution in [0.5, 0.6) is 11.5 Å². The molecule has 0 fully saturated rings. The number of aromatic hydroxyl groups is 1. The number of methoxy groups -OCH3 is 1. The molecule has 0 atom stereocenters. The fraction of sp³-hybridized carbons (Fsp3) is 0.105. The number of pyridine rings is 1. The van der Waals surface area contributed by atoms with Gasteiger partial charge in [0.2, 0.25) is 0 Å². The number of rotatable bonds is 5. The minimum atomic E-state index is -1.34. The van der Waals surface area contributed by atoms with Gasteiger partial charge >= 0.3 is 5.97 Å². The quantitative estimate of drug-likeness (QED) is 0.536. The Hall–Kier alpha value is -3.59. The van der Waals surface area contributed by atoms with Crippen LogP contribution < -0.4 is 10.3 Å². The number of aromatic nitrogens is 3. The predicted octanol–water partition coefficient (Wildman–Crippen LogP) is 2.71. The van der Waals surface area contributed by atoms with Gasteiger partial charge < -0.3 is 14.9 Å². The van der Waals surface area contributed by atoms with Crippen molar-refractivity contribution in [2.45, 2.75) is 6.54 Å². The molecule has 4 aromatic rings. The number of carboxylic acid groups (broad SMARTS) is 1. The number of ether oxygens (including phenoxy) is 1. The molecule has 142 valence electrons. The summed E-state index contributed by atoms with van der Waals surface area (Å²) in [5, 5.41) is 25.5. The molecule has 0 bridgehead atoms. The number of benzene rings is 1. The normalized spacial score (nSPS) is 11.0. The zero-order valence-corrected chi connectivity index (χ0v) is 15.5. The minimum absolute atomic E-state index is 0.134. The first-order valence-corrected chi connectivity index (χ1v) is 9.12. The van der Waals surface area contributed by atoms with Crippen molar-refractivity contribution < 1.29 is 19.7 Å². The number of hydrogen-bond acceptors (Lipinski definition) is 6. The number of carboxylic acids is 1. The molecule has 0 aliphatic rings.